The molecule has 0 radical (unpaired) electrons. The van der Waals surface area contributed by atoms with Crippen LogP contribution in [0.4, 0.5) is 8.78 Å². The predicted octanol–water partition coefficient (Wildman–Crippen LogP) is 3.07. The van der Waals surface area contributed by atoms with Gasteiger partial charge in [0.15, 0.2) is 11.5 Å². The number of hydrogen-bond acceptors (Lipinski definition) is 5. The van der Waals surface area contributed by atoms with E-state index in [1.54, 1.807) is 24.3 Å². The van der Waals surface area contributed by atoms with Crippen LogP contribution in [0.2, 0.25) is 5.02 Å². The minimum Gasteiger partial charge on any atom is -0.493 e. The van der Waals surface area contributed by atoms with Crippen LogP contribution in [0.15, 0.2) is 42.5 Å². The lowest BCUT2D eigenvalue weighted by Crippen LogP contribution is -2.36. The van der Waals surface area contributed by atoms with Gasteiger partial charge in [-0.25, -0.2) is 5.43 Å². The second-order valence-electron chi connectivity index (χ2n) is 6.57. The van der Waals surface area contributed by atoms with E-state index in [1.165, 1.54) is 13.2 Å². The summed E-state index contributed by atoms with van der Waals surface area (Å²) in [4.78, 5) is 12.6. The third-order valence-electron chi connectivity index (χ3n) is 4.70. The van der Waals surface area contributed by atoms with Crippen molar-refractivity contribution in [2.45, 2.75) is 19.1 Å². The number of benzene rings is 2. The normalized spacial score (nSPS) is 18.7. The molecule has 0 aliphatic carbocycles. The van der Waals surface area contributed by atoms with Gasteiger partial charge in [0.05, 0.1) is 19.1 Å². The van der Waals surface area contributed by atoms with Crippen molar-refractivity contribution in [3.05, 3.63) is 58.6 Å². The molecule has 0 spiro atoms. The highest BCUT2D eigenvalue weighted by atomic mass is 35.5. The van der Waals surface area contributed by atoms with Gasteiger partial charge < -0.3 is 14.8 Å². The van der Waals surface area contributed by atoms with Crippen LogP contribution >= 0.6 is 11.6 Å². The van der Waals surface area contributed by atoms with Gasteiger partial charge in [0.1, 0.15) is 0 Å². The number of methoxy groups -OCH3 is 1. The third-order valence-corrected chi connectivity index (χ3v) is 4.96. The van der Waals surface area contributed by atoms with Crippen molar-refractivity contribution >= 4 is 17.5 Å². The van der Waals surface area contributed by atoms with Gasteiger partial charge in [0.25, 0.3) is 0 Å². The van der Waals surface area contributed by atoms with Crippen molar-refractivity contribution in [1.29, 1.82) is 0 Å². The molecular weight excluding hydrogens is 404 g/mol. The molecule has 1 aliphatic heterocycles. The molecule has 1 amide bonds. The number of carbonyl (C=O) groups excluding carboxylic acids is 1. The molecule has 2 aromatic rings. The van der Waals surface area contributed by atoms with Crippen LogP contribution in [0.1, 0.15) is 17.2 Å². The van der Waals surface area contributed by atoms with Gasteiger partial charge in [-0.05, 0) is 41.8 Å². The van der Waals surface area contributed by atoms with Crippen LogP contribution in [0, 0.1) is 5.92 Å². The van der Waals surface area contributed by atoms with Gasteiger partial charge in [-0.3, -0.25) is 10.2 Å². The van der Waals surface area contributed by atoms with E-state index in [4.69, 9.17) is 16.3 Å². The summed E-state index contributed by atoms with van der Waals surface area (Å²) in [5.74, 6) is -0.185. The highest BCUT2D eigenvalue weighted by Crippen LogP contribution is 2.30. The zero-order valence-electron chi connectivity index (χ0n) is 15.8. The standard InChI is InChI=1S/C20H22ClF2N3O3/c1-28-16-7-2-12(10-17(16)29-20(22)23)8-9-24-19(27)15-11-25-26-18(15)13-3-5-14(21)6-4-13/h2-7,10,15,18,20,25-26H,8-9,11H2,1H3,(H,24,27). The Morgan fingerprint density at radius 1 is 1.24 bits per heavy atom. The Kier molecular flexibility index (Phi) is 7.24. The van der Waals surface area contributed by atoms with Crippen molar-refractivity contribution in [2.24, 2.45) is 5.92 Å². The summed E-state index contributed by atoms with van der Waals surface area (Å²) >= 11 is 5.93. The SMILES string of the molecule is COc1ccc(CCNC(=O)C2CNNC2c2ccc(Cl)cc2)cc1OC(F)F. The quantitative estimate of drug-likeness (QED) is 0.606. The smallest absolute Gasteiger partial charge is 0.387 e. The molecule has 6 nitrogen and oxygen atoms in total. The first-order valence-electron chi connectivity index (χ1n) is 9.11. The number of rotatable bonds is 8. The average molecular weight is 426 g/mol. The summed E-state index contributed by atoms with van der Waals surface area (Å²) in [6.07, 6.45) is 0.467. The van der Waals surface area contributed by atoms with E-state index in [0.717, 1.165) is 11.1 Å². The van der Waals surface area contributed by atoms with Crippen LogP contribution in [-0.4, -0.2) is 32.7 Å². The van der Waals surface area contributed by atoms with Crippen LogP contribution in [0.5, 0.6) is 11.5 Å². The van der Waals surface area contributed by atoms with Gasteiger partial charge >= 0.3 is 6.61 Å². The summed E-state index contributed by atoms with van der Waals surface area (Å²) in [5.41, 5.74) is 7.84. The molecule has 2 aromatic carbocycles. The molecule has 2 atom stereocenters. The molecule has 0 aromatic heterocycles. The van der Waals surface area contributed by atoms with E-state index in [9.17, 15) is 13.6 Å². The number of hydrazine groups is 1. The molecule has 1 aliphatic rings. The number of nitrogens with one attached hydrogen (secondary N) is 3. The van der Waals surface area contributed by atoms with Crippen LogP contribution in [-0.2, 0) is 11.2 Å². The molecule has 2 unspecified atom stereocenters. The van der Waals surface area contributed by atoms with Crippen LogP contribution in [0.3, 0.4) is 0 Å². The third kappa shape index (κ3) is 5.56. The van der Waals surface area contributed by atoms with E-state index < -0.39 is 6.61 Å². The monoisotopic (exact) mass is 425 g/mol. The maximum absolute atomic E-state index is 12.6. The zero-order valence-corrected chi connectivity index (χ0v) is 16.5. The summed E-state index contributed by atoms with van der Waals surface area (Å²) in [5, 5.41) is 3.54. The Labute approximate surface area is 172 Å². The van der Waals surface area contributed by atoms with Gasteiger partial charge in [0.2, 0.25) is 5.91 Å². The Morgan fingerprint density at radius 2 is 2.00 bits per heavy atom. The topological polar surface area (TPSA) is 71.6 Å². The Balaban J connectivity index is 1.57. The van der Waals surface area contributed by atoms with Crippen LogP contribution < -0.4 is 25.6 Å². The van der Waals surface area contributed by atoms with E-state index in [-0.39, 0.29) is 29.4 Å². The molecule has 1 fully saturated rings. The Bertz CT molecular complexity index is 836. The maximum atomic E-state index is 12.6. The van der Waals surface area contributed by atoms with Gasteiger partial charge in [-0.2, -0.15) is 8.78 Å². The van der Waals surface area contributed by atoms with Crippen molar-refractivity contribution < 1.29 is 23.0 Å². The summed E-state index contributed by atoms with van der Waals surface area (Å²) < 4.78 is 34.6. The van der Waals surface area contributed by atoms with Gasteiger partial charge in [-0.1, -0.05) is 29.8 Å². The van der Waals surface area contributed by atoms with E-state index in [1.807, 2.05) is 12.1 Å². The lowest BCUT2D eigenvalue weighted by molar-refractivity contribution is -0.124. The minimum absolute atomic E-state index is 0.0293. The molecule has 1 saturated heterocycles. The van der Waals surface area contributed by atoms with Crippen molar-refractivity contribution in [1.82, 2.24) is 16.2 Å². The van der Waals surface area contributed by atoms with Crippen molar-refractivity contribution in [2.75, 3.05) is 20.2 Å². The number of halogens is 3. The second kappa shape index (κ2) is 9.87. The van der Waals surface area contributed by atoms with E-state index in [2.05, 4.69) is 20.9 Å². The average Bonchev–Trinajstić information content (AvgIpc) is 3.18. The largest absolute Gasteiger partial charge is 0.493 e. The van der Waals surface area contributed by atoms with Crippen molar-refractivity contribution in [3.63, 3.8) is 0 Å². The minimum atomic E-state index is -2.94. The zero-order chi connectivity index (χ0) is 20.8. The molecule has 3 N–H and O–H groups in total. The fraction of sp³-hybridized carbons (Fsp3) is 0.350. The first kappa shape index (κ1) is 21.3. The predicted molar refractivity (Wildman–Crippen MR) is 105 cm³/mol. The fourth-order valence-electron chi connectivity index (χ4n) is 3.25. The molecule has 0 saturated carbocycles. The number of amides is 1. The highest BCUT2D eigenvalue weighted by Gasteiger charge is 2.33. The molecular formula is C20H22ClF2N3O3. The molecule has 1 heterocycles. The van der Waals surface area contributed by atoms with Gasteiger partial charge in [0, 0.05) is 18.1 Å². The first-order chi connectivity index (χ1) is 14.0. The lowest BCUT2D eigenvalue weighted by atomic mass is 9.94. The van der Waals surface area contributed by atoms with Crippen LogP contribution in [0.25, 0.3) is 0 Å². The fourth-order valence-corrected chi connectivity index (χ4v) is 3.38. The Hall–Kier alpha value is -2.42. The molecule has 9 heteroatoms. The van der Waals surface area contributed by atoms with Gasteiger partial charge in [-0.15, -0.1) is 0 Å². The molecule has 3 rings (SSSR count). The lowest BCUT2D eigenvalue weighted by Gasteiger charge is -2.18. The van der Waals surface area contributed by atoms with Crippen molar-refractivity contribution in [3.8, 4) is 11.5 Å². The maximum Gasteiger partial charge on any atom is 0.387 e. The Morgan fingerprint density at radius 3 is 2.69 bits per heavy atom. The number of ether oxygens (including phenoxy) is 2. The molecule has 29 heavy (non-hydrogen) atoms. The van der Waals surface area contributed by atoms with E-state index >= 15 is 0 Å². The van der Waals surface area contributed by atoms with E-state index in [0.29, 0.717) is 24.5 Å². The molecule has 0 bridgehead atoms. The second-order valence-corrected chi connectivity index (χ2v) is 7.00. The first-order valence-corrected chi connectivity index (χ1v) is 9.49. The number of carbonyl (C=O) groups is 1. The summed E-state index contributed by atoms with van der Waals surface area (Å²) in [7, 11) is 1.38. The molecule has 156 valence electrons. The number of alkyl halides is 2. The summed E-state index contributed by atoms with van der Waals surface area (Å²) in [6, 6.07) is 12.0. The number of hydrogen-bond donors (Lipinski definition) is 3. The highest BCUT2D eigenvalue weighted by molar-refractivity contribution is 6.30. The summed E-state index contributed by atoms with van der Waals surface area (Å²) in [6.45, 7) is -2.08.